The molecule has 1 atom stereocenters. The van der Waals surface area contributed by atoms with Gasteiger partial charge in [-0.15, -0.1) is 0 Å². The van der Waals surface area contributed by atoms with Gasteiger partial charge < -0.3 is 14.9 Å². The number of anilines is 1. The summed E-state index contributed by atoms with van der Waals surface area (Å²) in [4.78, 5) is 28.3. The molecule has 25 heavy (non-hydrogen) atoms. The highest BCUT2D eigenvalue weighted by atomic mass is 16.4. The zero-order chi connectivity index (χ0) is 17.4. The molecule has 0 radical (unpaired) electrons. The number of nitrogens with zero attached hydrogens (tertiary/aromatic N) is 2. The van der Waals surface area contributed by atoms with Crippen molar-refractivity contribution in [1.82, 2.24) is 4.90 Å². The Labute approximate surface area is 146 Å². The van der Waals surface area contributed by atoms with Gasteiger partial charge in [0.25, 0.3) is 0 Å². The van der Waals surface area contributed by atoms with Crippen LogP contribution in [0.5, 0.6) is 0 Å². The summed E-state index contributed by atoms with van der Waals surface area (Å²) < 4.78 is 0. The maximum absolute atomic E-state index is 12.9. The monoisotopic (exact) mass is 336 g/mol. The predicted molar refractivity (Wildman–Crippen MR) is 94.6 cm³/mol. The molecule has 0 bridgehead atoms. The molecule has 1 amide bonds. The highest BCUT2D eigenvalue weighted by Crippen LogP contribution is 2.31. The number of carbonyl (C=O) groups excluding carboxylic acids is 1. The molecule has 0 saturated heterocycles. The van der Waals surface area contributed by atoms with Gasteiger partial charge in [0.2, 0.25) is 5.91 Å². The molecule has 1 N–H and O–H groups in total. The molecule has 0 aliphatic carbocycles. The summed E-state index contributed by atoms with van der Waals surface area (Å²) in [6, 6.07) is 14.7. The maximum atomic E-state index is 12.9. The molecule has 128 valence electrons. The van der Waals surface area contributed by atoms with E-state index in [2.05, 4.69) is 11.0 Å². The number of amides is 1. The second-order valence-electron chi connectivity index (χ2n) is 6.58. The summed E-state index contributed by atoms with van der Waals surface area (Å²) >= 11 is 0. The number of carbonyl (C=O) groups is 2. The van der Waals surface area contributed by atoms with Crippen LogP contribution in [0.15, 0.2) is 48.5 Å². The van der Waals surface area contributed by atoms with Crippen LogP contribution in [0.2, 0.25) is 0 Å². The first-order valence-electron chi connectivity index (χ1n) is 8.58. The molecule has 0 spiro atoms. The standard InChI is InChI=1S/C20H20N2O3/c23-18(13-21-11-9-15-6-2-4-8-17(15)21)22-12-10-14-5-1-3-7-16(14)19(22)20(24)25/h1-8,19H,9-13H2,(H,24,25). The van der Waals surface area contributed by atoms with Crippen molar-refractivity contribution in [3.05, 3.63) is 65.2 Å². The lowest BCUT2D eigenvalue weighted by atomic mass is 9.92. The van der Waals surface area contributed by atoms with Gasteiger partial charge in [0.05, 0.1) is 6.54 Å². The quantitative estimate of drug-likeness (QED) is 0.934. The lowest BCUT2D eigenvalue weighted by Gasteiger charge is -2.36. The van der Waals surface area contributed by atoms with Crippen LogP contribution in [0.25, 0.3) is 0 Å². The van der Waals surface area contributed by atoms with E-state index in [0.717, 1.165) is 29.8 Å². The molecule has 1 unspecified atom stereocenters. The van der Waals surface area contributed by atoms with E-state index in [1.54, 1.807) is 0 Å². The zero-order valence-electron chi connectivity index (χ0n) is 13.9. The first kappa shape index (κ1) is 15.7. The summed E-state index contributed by atoms with van der Waals surface area (Å²) in [5.74, 6) is -1.10. The van der Waals surface area contributed by atoms with Gasteiger partial charge in [0, 0.05) is 18.8 Å². The van der Waals surface area contributed by atoms with Gasteiger partial charge in [-0.25, -0.2) is 4.79 Å². The maximum Gasteiger partial charge on any atom is 0.331 e. The molecule has 0 aromatic heterocycles. The van der Waals surface area contributed by atoms with E-state index in [9.17, 15) is 14.7 Å². The lowest BCUT2D eigenvalue weighted by Crippen LogP contribution is -2.47. The average molecular weight is 336 g/mol. The third-order valence-corrected chi connectivity index (χ3v) is 5.15. The second kappa shape index (κ2) is 6.24. The zero-order valence-corrected chi connectivity index (χ0v) is 13.9. The fourth-order valence-corrected chi connectivity index (χ4v) is 3.93. The highest BCUT2D eigenvalue weighted by Gasteiger charge is 2.36. The minimum Gasteiger partial charge on any atom is -0.479 e. The third kappa shape index (κ3) is 2.76. The summed E-state index contributed by atoms with van der Waals surface area (Å²) in [5.41, 5.74) is 4.08. The SMILES string of the molecule is O=C(O)C1c2ccccc2CCN1C(=O)CN1CCc2ccccc21. The van der Waals surface area contributed by atoms with E-state index < -0.39 is 12.0 Å². The molecule has 2 aromatic rings. The van der Waals surface area contributed by atoms with Crippen molar-refractivity contribution in [1.29, 1.82) is 0 Å². The Kier molecular flexibility index (Phi) is 3.92. The molecule has 0 saturated carbocycles. The topological polar surface area (TPSA) is 60.9 Å². The van der Waals surface area contributed by atoms with Gasteiger partial charge in [-0.3, -0.25) is 4.79 Å². The van der Waals surface area contributed by atoms with E-state index in [1.807, 2.05) is 42.5 Å². The highest BCUT2D eigenvalue weighted by molar-refractivity contribution is 5.88. The minimum absolute atomic E-state index is 0.126. The molecular formula is C20H20N2O3. The summed E-state index contributed by atoms with van der Waals surface area (Å²) in [6.45, 7) is 1.47. The van der Waals surface area contributed by atoms with Gasteiger partial charge in [-0.1, -0.05) is 42.5 Å². The van der Waals surface area contributed by atoms with E-state index in [0.29, 0.717) is 13.0 Å². The van der Waals surface area contributed by atoms with E-state index >= 15 is 0 Å². The number of carboxylic acid groups (broad SMARTS) is 1. The van der Waals surface area contributed by atoms with Crippen LogP contribution in [-0.2, 0) is 22.4 Å². The van der Waals surface area contributed by atoms with Crippen LogP contribution >= 0.6 is 0 Å². The van der Waals surface area contributed by atoms with Gasteiger partial charge >= 0.3 is 5.97 Å². The Morgan fingerprint density at radius 3 is 2.44 bits per heavy atom. The van der Waals surface area contributed by atoms with Crippen molar-refractivity contribution in [3.63, 3.8) is 0 Å². The smallest absolute Gasteiger partial charge is 0.331 e. The molecule has 0 fully saturated rings. The molecule has 4 rings (SSSR count). The van der Waals surface area contributed by atoms with E-state index in [4.69, 9.17) is 0 Å². The van der Waals surface area contributed by atoms with Crippen LogP contribution in [0.4, 0.5) is 5.69 Å². The number of fused-ring (bicyclic) bond motifs is 2. The van der Waals surface area contributed by atoms with Crippen molar-refractivity contribution < 1.29 is 14.7 Å². The van der Waals surface area contributed by atoms with Crippen LogP contribution in [-0.4, -0.2) is 41.5 Å². The number of aliphatic carboxylic acids is 1. The number of hydrogen-bond acceptors (Lipinski definition) is 3. The van der Waals surface area contributed by atoms with E-state index in [-0.39, 0.29) is 12.5 Å². The number of rotatable bonds is 3. The molecule has 2 heterocycles. The Morgan fingerprint density at radius 2 is 1.64 bits per heavy atom. The number of hydrogen-bond donors (Lipinski definition) is 1. The van der Waals surface area contributed by atoms with Gasteiger partial charge in [0.15, 0.2) is 6.04 Å². The Hall–Kier alpha value is -2.82. The summed E-state index contributed by atoms with van der Waals surface area (Å²) in [5, 5.41) is 9.72. The second-order valence-corrected chi connectivity index (χ2v) is 6.58. The Balaban J connectivity index is 1.57. The number of benzene rings is 2. The van der Waals surface area contributed by atoms with Gasteiger partial charge in [-0.2, -0.15) is 0 Å². The van der Waals surface area contributed by atoms with Crippen molar-refractivity contribution in [3.8, 4) is 0 Å². The Morgan fingerprint density at radius 1 is 0.960 bits per heavy atom. The van der Waals surface area contributed by atoms with Crippen molar-refractivity contribution in [2.75, 3.05) is 24.5 Å². The van der Waals surface area contributed by atoms with Crippen LogP contribution < -0.4 is 4.90 Å². The fourth-order valence-electron chi connectivity index (χ4n) is 3.93. The summed E-state index contributed by atoms with van der Waals surface area (Å²) in [7, 11) is 0. The van der Waals surface area contributed by atoms with Crippen LogP contribution in [0.3, 0.4) is 0 Å². The number of para-hydroxylation sites is 1. The molecule has 2 aliphatic heterocycles. The largest absolute Gasteiger partial charge is 0.479 e. The van der Waals surface area contributed by atoms with Crippen LogP contribution in [0.1, 0.15) is 22.7 Å². The molecule has 5 heteroatoms. The molecule has 2 aliphatic rings. The lowest BCUT2D eigenvalue weighted by molar-refractivity contribution is -0.150. The first-order chi connectivity index (χ1) is 12.1. The molecule has 2 aromatic carbocycles. The van der Waals surface area contributed by atoms with E-state index in [1.165, 1.54) is 10.5 Å². The normalized spacial score (nSPS) is 18.6. The first-order valence-corrected chi connectivity index (χ1v) is 8.58. The predicted octanol–water partition coefficient (Wildman–Crippen LogP) is 2.26. The minimum atomic E-state index is -0.970. The number of carboxylic acids is 1. The third-order valence-electron chi connectivity index (χ3n) is 5.15. The van der Waals surface area contributed by atoms with Gasteiger partial charge in [0.1, 0.15) is 0 Å². The summed E-state index contributed by atoms with van der Waals surface area (Å²) in [6.07, 6.45) is 1.62. The van der Waals surface area contributed by atoms with Crippen molar-refractivity contribution in [2.45, 2.75) is 18.9 Å². The van der Waals surface area contributed by atoms with Crippen LogP contribution in [0, 0.1) is 0 Å². The van der Waals surface area contributed by atoms with Crippen molar-refractivity contribution in [2.24, 2.45) is 0 Å². The van der Waals surface area contributed by atoms with Crippen molar-refractivity contribution >= 4 is 17.6 Å². The van der Waals surface area contributed by atoms with Gasteiger partial charge in [-0.05, 0) is 35.6 Å². The molecular weight excluding hydrogens is 316 g/mol. The average Bonchev–Trinajstić information content (AvgIpc) is 3.03. The fraction of sp³-hybridized carbons (Fsp3) is 0.300. The Bertz CT molecular complexity index is 833. The molecule has 5 nitrogen and oxygen atoms in total.